The van der Waals surface area contributed by atoms with E-state index in [1.807, 2.05) is 12.1 Å². The van der Waals surface area contributed by atoms with Crippen LogP contribution in [0.5, 0.6) is 0 Å². The van der Waals surface area contributed by atoms with Gasteiger partial charge in [-0.1, -0.05) is 39.8 Å². The van der Waals surface area contributed by atoms with E-state index in [1.165, 1.54) is 0 Å². The van der Waals surface area contributed by atoms with Gasteiger partial charge in [-0.2, -0.15) is 0 Å². The van der Waals surface area contributed by atoms with Crippen LogP contribution >= 0.6 is 0 Å². The van der Waals surface area contributed by atoms with Gasteiger partial charge >= 0.3 is 0 Å². The number of rotatable bonds is 7. The number of benzene rings is 1. The van der Waals surface area contributed by atoms with Crippen molar-refractivity contribution in [1.82, 2.24) is 5.32 Å². The molecule has 118 valence electrons. The van der Waals surface area contributed by atoms with Gasteiger partial charge in [-0.05, 0) is 43.7 Å². The van der Waals surface area contributed by atoms with Gasteiger partial charge in [0.1, 0.15) is 0 Å². The van der Waals surface area contributed by atoms with Crippen molar-refractivity contribution in [3.05, 3.63) is 39.4 Å². The number of nitro groups is 1. The van der Waals surface area contributed by atoms with Crippen LogP contribution < -0.4 is 5.32 Å². The van der Waals surface area contributed by atoms with E-state index in [0.29, 0.717) is 23.3 Å². The molecule has 0 fully saturated rings. The van der Waals surface area contributed by atoms with Crippen molar-refractivity contribution in [2.24, 2.45) is 17.8 Å². The fourth-order valence-electron chi connectivity index (χ4n) is 2.76. The summed E-state index contributed by atoms with van der Waals surface area (Å²) in [5.74, 6) is 1.85. The molecule has 0 saturated carbocycles. The van der Waals surface area contributed by atoms with Gasteiger partial charge in [0.25, 0.3) is 5.69 Å². The molecule has 1 aromatic rings. The van der Waals surface area contributed by atoms with E-state index in [-0.39, 0.29) is 16.7 Å². The molecule has 0 spiro atoms. The molecular formula is C17H28N2O2. The van der Waals surface area contributed by atoms with Gasteiger partial charge in [-0.3, -0.25) is 10.1 Å². The Morgan fingerprint density at radius 3 is 2.19 bits per heavy atom. The third kappa shape index (κ3) is 4.81. The van der Waals surface area contributed by atoms with Crippen molar-refractivity contribution in [2.75, 3.05) is 6.54 Å². The van der Waals surface area contributed by atoms with Crippen LogP contribution in [0.15, 0.2) is 18.2 Å². The van der Waals surface area contributed by atoms with Crippen LogP contribution in [0.2, 0.25) is 0 Å². The zero-order valence-corrected chi connectivity index (χ0v) is 14.0. The zero-order chi connectivity index (χ0) is 16.2. The van der Waals surface area contributed by atoms with Crippen LogP contribution in [0.3, 0.4) is 0 Å². The van der Waals surface area contributed by atoms with Crippen LogP contribution in [-0.4, -0.2) is 11.5 Å². The highest BCUT2D eigenvalue weighted by molar-refractivity contribution is 5.43. The molecule has 0 heterocycles. The van der Waals surface area contributed by atoms with Crippen molar-refractivity contribution >= 4 is 5.69 Å². The molecule has 0 aliphatic rings. The number of aryl methyl sites for hydroxylation is 1. The molecule has 21 heavy (non-hydrogen) atoms. The lowest BCUT2D eigenvalue weighted by Crippen LogP contribution is -2.31. The molecule has 0 amide bonds. The largest absolute Gasteiger partial charge is 0.310 e. The number of nitrogens with one attached hydrogen (secondary N) is 1. The Labute approximate surface area is 128 Å². The smallest absolute Gasteiger partial charge is 0.272 e. The molecule has 0 bridgehead atoms. The van der Waals surface area contributed by atoms with E-state index >= 15 is 0 Å². The second-order valence-corrected chi connectivity index (χ2v) is 6.58. The fraction of sp³-hybridized carbons (Fsp3) is 0.647. The summed E-state index contributed by atoms with van der Waals surface area (Å²) in [6, 6.07) is 5.60. The molecule has 1 N–H and O–H groups in total. The SMILES string of the molecule is Cc1ccc(C(C)NCC(C(C)C)C(C)C)cc1[N+](=O)[O-]. The first-order chi connectivity index (χ1) is 9.73. The maximum atomic E-state index is 11.0. The quantitative estimate of drug-likeness (QED) is 0.595. The van der Waals surface area contributed by atoms with Crippen molar-refractivity contribution in [3.8, 4) is 0 Å². The summed E-state index contributed by atoms with van der Waals surface area (Å²) in [6.45, 7) is 13.7. The lowest BCUT2D eigenvalue weighted by atomic mass is 9.85. The lowest BCUT2D eigenvalue weighted by molar-refractivity contribution is -0.385. The summed E-state index contributed by atoms with van der Waals surface area (Å²) >= 11 is 0. The van der Waals surface area contributed by atoms with E-state index in [0.717, 1.165) is 12.1 Å². The van der Waals surface area contributed by atoms with Crippen LogP contribution in [0, 0.1) is 34.8 Å². The third-order valence-corrected chi connectivity index (χ3v) is 4.30. The Bertz CT molecular complexity index is 476. The van der Waals surface area contributed by atoms with E-state index in [9.17, 15) is 10.1 Å². The van der Waals surface area contributed by atoms with Gasteiger partial charge in [0.05, 0.1) is 4.92 Å². The van der Waals surface area contributed by atoms with Gasteiger partial charge in [-0.25, -0.2) is 0 Å². The van der Waals surface area contributed by atoms with E-state index < -0.39 is 0 Å². The van der Waals surface area contributed by atoms with E-state index in [2.05, 4.69) is 39.9 Å². The molecule has 1 rings (SSSR count). The second kappa shape index (κ2) is 7.55. The third-order valence-electron chi connectivity index (χ3n) is 4.30. The second-order valence-electron chi connectivity index (χ2n) is 6.58. The Balaban J connectivity index is 2.78. The Morgan fingerprint density at radius 1 is 1.14 bits per heavy atom. The van der Waals surface area contributed by atoms with Gasteiger partial charge in [0.2, 0.25) is 0 Å². The molecule has 0 saturated heterocycles. The summed E-state index contributed by atoms with van der Waals surface area (Å²) in [7, 11) is 0. The minimum Gasteiger partial charge on any atom is -0.310 e. The first kappa shape index (κ1) is 17.6. The van der Waals surface area contributed by atoms with E-state index in [1.54, 1.807) is 13.0 Å². The number of nitrogens with zero attached hydrogens (tertiary/aromatic N) is 1. The summed E-state index contributed by atoms with van der Waals surface area (Å²) in [5.41, 5.74) is 1.88. The van der Waals surface area contributed by atoms with Crippen LogP contribution in [0.1, 0.15) is 51.8 Å². The molecule has 4 heteroatoms. The molecule has 0 aliphatic carbocycles. The summed E-state index contributed by atoms with van der Waals surface area (Å²) < 4.78 is 0. The highest BCUT2D eigenvalue weighted by atomic mass is 16.6. The first-order valence-electron chi connectivity index (χ1n) is 7.72. The summed E-state index contributed by atoms with van der Waals surface area (Å²) in [5, 5.41) is 14.6. The van der Waals surface area contributed by atoms with Crippen molar-refractivity contribution < 1.29 is 4.92 Å². The fourth-order valence-corrected chi connectivity index (χ4v) is 2.76. The van der Waals surface area contributed by atoms with Gasteiger partial charge < -0.3 is 5.32 Å². The normalized spacial score (nSPS) is 13.2. The predicted octanol–water partition coefficient (Wildman–Crippen LogP) is 4.48. The predicted molar refractivity (Wildman–Crippen MR) is 87.4 cm³/mol. The monoisotopic (exact) mass is 292 g/mol. The van der Waals surface area contributed by atoms with Gasteiger partial charge in [0.15, 0.2) is 0 Å². The topological polar surface area (TPSA) is 55.2 Å². The maximum Gasteiger partial charge on any atom is 0.272 e. The van der Waals surface area contributed by atoms with Crippen LogP contribution in [0.4, 0.5) is 5.69 Å². The minimum atomic E-state index is -0.309. The molecule has 1 aromatic carbocycles. The molecule has 1 atom stereocenters. The zero-order valence-electron chi connectivity index (χ0n) is 14.0. The van der Waals surface area contributed by atoms with Crippen molar-refractivity contribution in [2.45, 2.75) is 47.6 Å². The van der Waals surface area contributed by atoms with Crippen molar-refractivity contribution in [3.63, 3.8) is 0 Å². The number of nitro benzene ring substituents is 1. The number of hydrogen-bond acceptors (Lipinski definition) is 3. The maximum absolute atomic E-state index is 11.0. The minimum absolute atomic E-state index is 0.115. The molecule has 0 aliphatic heterocycles. The van der Waals surface area contributed by atoms with Gasteiger partial charge in [-0.15, -0.1) is 0 Å². The first-order valence-corrected chi connectivity index (χ1v) is 7.72. The number of hydrogen-bond donors (Lipinski definition) is 1. The Morgan fingerprint density at radius 2 is 1.71 bits per heavy atom. The standard InChI is InChI=1S/C17H28N2O2/c1-11(2)16(12(3)4)10-18-14(6)15-8-7-13(5)17(9-15)19(20)21/h7-9,11-12,14,16,18H,10H2,1-6H3. The highest BCUT2D eigenvalue weighted by Crippen LogP contribution is 2.25. The van der Waals surface area contributed by atoms with Crippen LogP contribution in [-0.2, 0) is 0 Å². The molecular weight excluding hydrogens is 264 g/mol. The molecule has 0 aromatic heterocycles. The lowest BCUT2D eigenvalue weighted by Gasteiger charge is -2.27. The summed E-state index contributed by atoms with van der Waals surface area (Å²) in [4.78, 5) is 10.7. The van der Waals surface area contributed by atoms with Crippen LogP contribution in [0.25, 0.3) is 0 Å². The molecule has 0 radical (unpaired) electrons. The van der Waals surface area contributed by atoms with E-state index in [4.69, 9.17) is 0 Å². The highest BCUT2D eigenvalue weighted by Gasteiger charge is 2.19. The molecule has 4 nitrogen and oxygen atoms in total. The van der Waals surface area contributed by atoms with Gasteiger partial charge in [0, 0.05) is 17.7 Å². The summed E-state index contributed by atoms with van der Waals surface area (Å²) in [6.07, 6.45) is 0. The Hall–Kier alpha value is -1.42. The Kier molecular flexibility index (Phi) is 6.34. The molecule has 1 unspecified atom stereocenters. The average Bonchev–Trinajstić information content (AvgIpc) is 2.37. The van der Waals surface area contributed by atoms with Crippen molar-refractivity contribution in [1.29, 1.82) is 0 Å². The average molecular weight is 292 g/mol.